The molecular weight excluding hydrogens is 505 g/mol. The monoisotopic (exact) mass is 526 g/mol. The normalized spacial score (nSPS) is 11.9. The highest BCUT2D eigenvalue weighted by Gasteiger charge is 2.35. The minimum absolute atomic E-state index is 0.0927. The van der Waals surface area contributed by atoms with Crippen LogP contribution in [0.3, 0.4) is 0 Å². The molecule has 0 saturated heterocycles. The third kappa shape index (κ3) is 4.29. The van der Waals surface area contributed by atoms with E-state index in [2.05, 4.69) is 20.2 Å². The molecule has 0 amide bonds. The first-order valence-corrected chi connectivity index (χ1v) is 11.6. The smallest absolute Gasteiger partial charge is 0.272 e. The summed E-state index contributed by atoms with van der Waals surface area (Å²) in [5, 5.41) is 13.8. The first-order chi connectivity index (χ1) is 17.5. The zero-order chi connectivity index (χ0) is 26.6. The van der Waals surface area contributed by atoms with E-state index in [0.717, 1.165) is 28.6 Å². The van der Waals surface area contributed by atoms with Crippen LogP contribution in [0.25, 0.3) is 39.7 Å². The van der Waals surface area contributed by atoms with Crippen LogP contribution in [-0.2, 0) is 20.3 Å². The van der Waals surface area contributed by atoms with Crippen molar-refractivity contribution in [2.24, 2.45) is 14.1 Å². The van der Waals surface area contributed by atoms with E-state index in [1.54, 1.807) is 53.1 Å². The van der Waals surface area contributed by atoms with E-state index in [0.29, 0.717) is 27.5 Å². The van der Waals surface area contributed by atoms with Crippen LogP contribution in [0.4, 0.5) is 13.2 Å². The summed E-state index contributed by atoms with van der Waals surface area (Å²) in [6.45, 7) is 5.64. The van der Waals surface area contributed by atoms with E-state index >= 15 is 0 Å². The highest BCUT2D eigenvalue weighted by Crippen LogP contribution is 2.37. The molecule has 37 heavy (non-hydrogen) atoms. The van der Waals surface area contributed by atoms with Crippen LogP contribution in [0.1, 0.15) is 22.6 Å². The van der Waals surface area contributed by atoms with Gasteiger partial charge in [0, 0.05) is 52.8 Å². The van der Waals surface area contributed by atoms with Gasteiger partial charge in [-0.15, -0.1) is 0 Å². The Balaban J connectivity index is 1.82. The molecule has 8 nitrogen and oxygen atoms in total. The number of hydrogen-bond acceptors (Lipinski definition) is 5. The number of alkyl halides is 3. The minimum Gasteiger partial charge on any atom is -0.272 e. The third-order valence-electron chi connectivity index (χ3n) is 6.44. The third-order valence-corrected chi connectivity index (χ3v) is 6.69. The Bertz CT molecular complexity index is 1630. The maximum absolute atomic E-state index is 14.0. The molecule has 0 N–H and O–H groups in total. The van der Waals surface area contributed by atoms with Gasteiger partial charge in [0.1, 0.15) is 0 Å². The summed E-state index contributed by atoms with van der Waals surface area (Å²) in [6, 6.07) is 7.33. The summed E-state index contributed by atoms with van der Waals surface area (Å²) in [5.41, 5.74) is 4.45. The quantitative estimate of drug-likeness (QED) is 0.299. The molecule has 5 rings (SSSR count). The van der Waals surface area contributed by atoms with Crippen molar-refractivity contribution in [1.82, 2.24) is 39.3 Å². The molecular formula is C25H22ClF3N8. The molecule has 12 heteroatoms. The van der Waals surface area contributed by atoms with Crippen LogP contribution >= 0.6 is 11.6 Å². The molecule has 1 aromatic carbocycles. The van der Waals surface area contributed by atoms with Gasteiger partial charge in [-0.05, 0) is 39.0 Å². The standard InChI is InChI=1S/C25H22ClF3N8/c1-13-22(18-11-30-35(4)14(18)2)34-37(23(13)19-12-31-36(5)15(19)3)24-32-20(10-21(33-24)25(27,28)29)16-6-8-17(26)9-7-16/h6-12H,1-5H3. The average Bonchev–Trinajstić information content (AvgIpc) is 3.48. The van der Waals surface area contributed by atoms with Gasteiger partial charge >= 0.3 is 6.18 Å². The van der Waals surface area contributed by atoms with Gasteiger partial charge in [0.05, 0.1) is 29.5 Å². The van der Waals surface area contributed by atoms with Crippen molar-refractivity contribution >= 4 is 11.6 Å². The lowest BCUT2D eigenvalue weighted by Crippen LogP contribution is -2.14. The number of rotatable bonds is 4. The molecule has 0 bridgehead atoms. The fourth-order valence-electron chi connectivity index (χ4n) is 4.12. The predicted octanol–water partition coefficient (Wildman–Crippen LogP) is 5.73. The maximum atomic E-state index is 14.0. The van der Waals surface area contributed by atoms with Gasteiger partial charge in [-0.1, -0.05) is 23.7 Å². The van der Waals surface area contributed by atoms with E-state index in [4.69, 9.17) is 16.7 Å². The predicted molar refractivity (Wildman–Crippen MR) is 133 cm³/mol. The Morgan fingerprint density at radius 2 is 1.43 bits per heavy atom. The van der Waals surface area contributed by atoms with Gasteiger partial charge in [0.25, 0.3) is 5.95 Å². The zero-order valence-corrected chi connectivity index (χ0v) is 21.4. The van der Waals surface area contributed by atoms with Crippen molar-refractivity contribution in [2.75, 3.05) is 0 Å². The van der Waals surface area contributed by atoms with Gasteiger partial charge in [-0.25, -0.2) is 9.97 Å². The fourth-order valence-corrected chi connectivity index (χ4v) is 4.24. The van der Waals surface area contributed by atoms with Crippen molar-refractivity contribution < 1.29 is 13.2 Å². The lowest BCUT2D eigenvalue weighted by atomic mass is 10.0. The Kier molecular flexibility index (Phi) is 5.90. The van der Waals surface area contributed by atoms with Gasteiger partial charge in [-0.2, -0.15) is 33.1 Å². The average molecular weight is 527 g/mol. The first kappa shape index (κ1) is 24.7. The van der Waals surface area contributed by atoms with Crippen LogP contribution in [0.15, 0.2) is 42.7 Å². The number of hydrogen-bond donors (Lipinski definition) is 0. The molecule has 0 spiro atoms. The summed E-state index contributed by atoms with van der Waals surface area (Å²) in [5.74, 6) is -0.214. The molecule has 0 radical (unpaired) electrons. The molecule has 0 aliphatic carbocycles. The van der Waals surface area contributed by atoms with Crippen LogP contribution < -0.4 is 0 Å². The second kappa shape index (κ2) is 8.84. The van der Waals surface area contributed by atoms with Crippen molar-refractivity contribution in [1.29, 1.82) is 0 Å². The Labute approximate surface area is 215 Å². The lowest BCUT2D eigenvalue weighted by molar-refractivity contribution is -0.141. The molecule has 4 aromatic heterocycles. The van der Waals surface area contributed by atoms with Gasteiger partial charge in [-0.3, -0.25) is 9.36 Å². The molecule has 0 unspecified atom stereocenters. The highest BCUT2D eigenvalue weighted by molar-refractivity contribution is 6.30. The van der Waals surface area contributed by atoms with E-state index in [1.165, 1.54) is 4.68 Å². The van der Waals surface area contributed by atoms with E-state index < -0.39 is 11.9 Å². The summed E-state index contributed by atoms with van der Waals surface area (Å²) in [4.78, 5) is 8.42. The minimum atomic E-state index is -4.70. The molecule has 4 heterocycles. The summed E-state index contributed by atoms with van der Waals surface area (Å²) < 4.78 is 46.7. The number of benzene rings is 1. The van der Waals surface area contributed by atoms with Crippen molar-refractivity contribution in [3.05, 3.63) is 70.4 Å². The molecule has 0 atom stereocenters. The molecule has 0 aliphatic rings. The largest absolute Gasteiger partial charge is 0.433 e. The van der Waals surface area contributed by atoms with E-state index in [9.17, 15) is 13.2 Å². The number of nitrogens with zero attached hydrogens (tertiary/aromatic N) is 8. The lowest BCUT2D eigenvalue weighted by Gasteiger charge is -2.13. The SMILES string of the molecule is Cc1c(-c2cnn(C)c2C)nn(-c2nc(-c3ccc(Cl)cc3)cc(C(F)(F)F)n2)c1-c1cnn(C)c1C. The van der Waals surface area contributed by atoms with Crippen LogP contribution in [0.5, 0.6) is 0 Å². The van der Waals surface area contributed by atoms with Crippen LogP contribution in [-0.4, -0.2) is 39.3 Å². The Hall–Kier alpha value is -3.99. The van der Waals surface area contributed by atoms with Crippen LogP contribution in [0, 0.1) is 20.8 Å². The molecule has 190 valence electrons. The highest BCUT2D eigenvalue weighted by atomic mass is 35.5. The summed E-state index contributed by atoms with van der Waals surface area (Å²) in [7, 11) is 3.60. The van der Waals surface area contributed by atoms with Gasteiger partial charge < -0.3 is 0 Å². The molecule has 0 fully saturated rings. The van der Waals surface area contributed by atoms with Gasteiger partial charge in [0.2, 0.25) is 0 Å². The second-order valence-corrected chi connectivity index (χ2v) is 9.15. The van der Waals surface area contributed by atoms with Crippen LogP contribution in [0.2, 0.25) is 5.02 Å². The number of halogens is 4. The van der Waals surface area contributed by atoms with Crippen molar-refractivity contribution in [3.8, 4) is 39.7 Å². The topological polar surface area (TPSA) is 79.2 Å². The molecule has 5 aromatic rings. The van der Waals surface area contributed by atoms with Crippen molar-refractivity contribution in [2.45, 2.75) is 26.9 Å². The maximum Gasteiger partial charge on any atom is 0.433 e. The fraction of sp³-hybridized carbons (Fsp3) is 0.240. The summed E-state index contributed by atoms with van der Waals surface area (Å²) >= 11 is 5.99. The second-order valence-electron chi connectivity index (χ2n) is 8.71. The number of aromatic nitrogens is 8. The van der Waals surface area contributed by atoms with E-state index in [1.807, 2.05) is 27.8 Å². The Morgan fingerprint density at radius 3 is 1.97 bits per heavy atom. The molecule has 0 saturated carbocycles. The van der Waals surface area contributed by atoms with Crippen molar-refractivity contribution in [3.63, 3.8) is 0 Å². The van der Waals surface area contributed by atoms with E-state index in [-0.39, 0.29) is 11.6 Å². The summed E-state index contributed by atoms with van der Waals surface area (Å²) in [6.07, 6.45) is -1.36. The number of aryl methyl sites for hydroxylation is 2. The molecule has 0 aliphatic heterocycles. The van der Waals surface area contributed by atoms with Gasteiger partial charge in [0.15, 0.2) is 5.69 Å². The first-order valence-electron chi connectivity index (χ1n) is 11.3. The Morgan fingerprint density at radius 1 is 0.838 bits per heavy atom. The zero-order valence-electron chi connectivity index (χ0n) is 20.6.